The second kappa shape index (κ2) is 95.6. The smallest absolute Gasteiger partial charge is 0.307 e. The van der Waals surface area contributed by atoms with Gasteiger partial charge in [0.1, 0.15) is 0 Å². The number of carbonyl (C=O) groups excluding carboxylic acids is 8. The number of carbonyl (C=O) groups is 8. The summed E-state index contributed by atoms with van der Waals surface area (Å²) in [6, 6.07) is 0. The van der Waals surface area contributed by atoms with Crippen LogP contribution < -0.4 is 54.0 Å². The van der Waals surface area contributed by atoms with Gasteiger partial charge >= 0.3 is 23.9 Å². The van der Waals surface area contributed by atoms with Crippen LogP contribution in [0.1, 0.15) is 189 Å². The van der Waals surface area contributed by atoms with Gasteiger partial charge in [0.25, 0.3) is 0 Å². The SMILES string of the molecule is CC.CC(=O)NCCSSCCNC(=O)CCN(CCCO)CCC(=O)NCCSSCCNC(=O)CCNCCCN1CCCC1.CCCCOC(=O)CCN(CCCCO)CCC(=O)OCCCCCOC(=O)CCNCCSSCCN.CCCNCCCN1CCCC1.CCCOC(=O)CCNCCSSCCN. The van der Waals surface area contributed by atoms with Crippen molar-refractivity contribution in [3.63, 3.8) is 0 Å². The van der Waals surface area contributed by atoms with Crippen molar-refractivity contribution in [3.05, 3.63) is 0 Å². The van der Waals surface area contributed by atoms with Gasteiger partial charge in [-0.15, -0.1) is 0 Å². The first-order valence-electron chi connectivity index (χ1n) is 42.2. The number of hydrogen-bond acceptors (Lipinski definition) is 32. The van der Waals surface area contributed by atoms with E-state index in [0.717, 1.165) is 124 Å². The Morgan fingerprint density at radius 3 is 1.11 bits per heavy atom. The van der Waals surface area contributed by atoms with E-state index in [4.69, 9.17) is 35.5 Å². The molecule has 0 radical (unpaired) electrons. The number of nitrogens with one attached hydrogen (secondary N) is 8. The fraction of sp³-hybridized carbons (Fsp3) is 0.896. The van der Waals surface area contributed by atoms with Crippen LogP contribution in [0.4, 0.5) is 0 Å². The van der Waals surface area contributed by atoms with Crippen molar-refractivity contribution >= 4 is 134 Å². The van der Waals surface area contributed by atoms with E-state index in [2.05, 4.69) is 59.3 Å². The van der Waals surface area contributed by atoms with Gasteiger partial charge in [0.05, 0.1) is 52.1 Å². The number of esters is 4. The molecule has 0 saturated carbocycles. The highest BCUT2D eigenvalue weighted by Crippen LogP contribution is 2.21. The number of hydrogen-bond donors (Lipinski definition) is 12. The number of amides is 4. The molecule has 14 N–H and O–H groups in total. The average Bonchev–Trinajstić information content (AvgIpc) is 1.81. The van der Waals surface area contributed by atoms with Gasteiger partial charge in [-0.3, -0.25) is 38.4 Å². The van der Waals surface area contributed by atoms with Gasteiger partial charge in [-0.25, -0.2) is 0 Å². The molecule has 2 saturated heterocycles. The Balaban J connectivity index is -0.00000158. The zero-order valence-electron chi connectivity index (χ0n) is 70.6. The highest BCUT2D eigenvalue weighted by molar-refractivity contribution is 8.77. The number of ether oxygens (including phenoxy) is 4. The summed E-state index contributed by atoms with van der Waals surface area (Å²) >= 11 is 0. The van der Waals surface area contributed by atoms with Crippen molar-refractivity contribution in [2.24, 2.45) is 11.5 Å². The molecule has 668 valence electrons. The Morgan fingerprint density at radius 2 is 0.699 bits per heavy atom. The highest BCUT2D eigenvalue weighted by atomic mass is 33.1. The lowest BCUT2D eigenvalue weighted by molar-refractivity contribution is -0.145. The lowest BCUT2D eigenvalue weighted by Crippen LogP contribution is -2.35. The van der Waals surface area contributed by atoms with Crippen molar-refractivity contribution in [2.45, 2.75) is 189 Å². The number of nitrogens with two attached hydrogens (primary N) is 2. The maximum absolute atomic E-state index is 12.3. The minimum atomic E-state index is -0.266. The summed E-state index contributed by atoms with van der Waals surface area (Å²) in [6.07, 6.45) is 18.8. The quantitative estimate of drug-likeness (QED) is 0.0120. The molecule has 36 heteroatoms. The second-order valence-electron chi connectivity index (χ2n) is 26.2. The number of aliphatic hydroxyl groups excluding tert-OH is 2. The van der Waals surface area contributed by atoms with Gasteiger partial charge < -0.3 is 103 Å². The Bertz CT molecular complexity index is 2160. The molecule has 4 amide bonds. The molecule has 0 bridgehead atoms. The number of likely N-dealkylation sites (tertiary alicyclic amines) is 2. The summed E-state index contributed by atoms with van der Waals surface area (Å²) in [4.78, 5) is 103. The van der Waals surface area contributed by atoms with E-state index >= 15 is 0 Å². The predicted molar refractivity (Wildman–Crippen MR) is 485 cm³/mol. The molecule has 2 aliphatic rings. The van der Waals surface area contributed by atoms with E-state index in [9.17, 15) is 43.5 Å². The van der Waals surface area contributed by atoms with Crippen LogP contribution in [0.25, 0.3) is 0 Å². The molecule has 28 nitrogen and oxygen atoms in total. The minimum absolute atomic E-state index is 0.0241. The van der Waals surface area contributed by atoms with Crippen LogP contribution in [-0.4, -0.2) is 333 Å². The first kappa shape index (κ1) is 115. The van der Waals surface area contributed by atoms with Crippen LogP contribution in [0.15, 0.2) is 0 Å². The second-order valence-corrected chi connectivity index (χ2v) is 37.0. The fourth-order valence-corrected chi connectivity index (χ4v) is 17.4. The number of unbranched alkanes of at least 4 members (excludes halogenated alkanes) is 4. The lowest BCUT2D eigenvalue weighted by atomic mass is 10.2. The first-order valence-corrected chi connectivity index (χ1v) is 52.1. The Labute approximate surface area is 715 Å². The topological polar surface area (TPSA) is 375 Å². The standard InChI is InChI=1S/C29H57N7O5S4.C26H51N3O7S2.C10H22N2O2S2.C10H22N2.C2H6/c1-26(38)31-11-22-42-43-24-13-33-28(40)7-19-36(18-5-21-37)20-8-29(41)34-14-25-45-44-23-12-32-27(39)6-10-30-9-4-17-35-15-2-3-16-35;1-2-3-19-34-25(32)10-16-29(15-5-6-18-30)17-11-26(33)36-21-8-4-7-20-35-24(31)9-13-28-14-23-38-37-22-12-27;1-2-7-14-10(13)3-5-12-6-9-16-15-8-4-11;1-2-6-11-7-5-10-12-8-3-4-9-12;1-2/h30,37H,2-25H2,1H3,(H,31,38)(H,32,39)(H,33,40)(H,34,41);28,30H,2-23,27H2,1H3;12H,2-9,11H2,1H3;11H,2-10H2,1H3;1-2H3. The molecule has 2 fully saturated rings. The Kier molecular flexibility index (Phi) is 97.4. The van der Waals surface area contributed by atoms with Gasteiger partial charge in [0.15, 0.2) is 0 Å². The van der Waals surface area contributed by atoms with Crippen molar-refractivity contribution in [1.29, 1.82) is 0 Å². The largest absolute Gasteiger partial charge is 0.466 e. The molecule has 2 rings (SSSR count). The molecular formula is C77H158N14O14S8. The van der Waals surface area contributed by atoms with Crippen molar-refractivity contribution in [2.75, 3.05) is 256 Å². The molecule has 2 aliphatic heterocycles. The molecule has 2 heterocycles. The van der Waals surface area contributed by atoms with Gasteiger partial charge in [0.2, 0.25) is 23.6 Å². The fourth-order valence-electron chi connectivity index (χ4n) is 10.2. The number of aliphatic hydroxyl groups is 2. The lowest BCUT2D eigenvalue weighted by Gasteiger charge is -2.21. The van der Waals surface area contributed by atoms with Gasteiger partial charge in [-0.05, 0) is 162 Å². The number of rotatable bonds is 75. The van der Waals surface area contributed by atoms with Gasteiger partial charge in [-0.1, -0.05) is 127 Å². The van der Waals surface area contributed by atoms with Crippen LogP contribution >= 0.6 is 86.4 Å². The molecule has 0 aromatic heterocycles. The third-order valence-corrected chi connectivity index (χ3v) is 25.9. The van der Waals surface area contributed by atoms with E-state index in [1.165, 1.54) is 91.3 Å². The van der Waals surface area contributed by atoms with Crippen molar-refractivity contribution in [3.8, 4) is 0 Å². The predicted octanol–water partition coefficient (Wildman–Crippen LogP) is 7.68. The van der Waals surface area contributed by atoms with Crippen molar-refractivity contribution < 1.29 is 67.5 Å². The van der Waals surface area contributed by atoms with E-state index < -0.39 is 0 Å². The molecule has 0 aromatic rings. The van der Waals surface area contributed by atoms with Crippen molar-refractivity contribution in [1.82, 2.24) is 62.1 Å². The Hall–Kier alpha value is -1.92. The van der Waals surface area contributed by atoms with Crippen LogP contribution in [0.5, 0.6) is 0 Å². The van der Waals surface area contributed by atoms with E-state index in [0.29, 0.717) is 169 Å². The van der Waals surface area contributed by atoms with E-state index in [1.807, 2.05) is 48.3 Å². The number of nitrogens with zero attached hydrogens (tertiary/aromatic N) is 4. The normalized spacial score (nSPS) is 12.5. The maximum atomic E-state index is 12.3. The molecule has 113 heavy (non-hydrogen) atoms. The van der Waals surface area contributed by atoms with Gasteiger partial charge in [0, 0.05) is 190 Å². The van der Waals surface area contributed by atoms with Gasteiger partial charge in [-0.2, -0.15) is 0 Å². The maximum Gasteiger partial charge on any atom is 0.307 e. The summed E-state index contributed by atoms with van der Waals surface area (Å²) < 4.78 is 20.7. The third kappa shape index (κ3) is 92.2. The van der Waals surface area contributed by atoms with Crippen LogP contribution in [0.2, 0.25) is 0 Å². The first-order chi connectivity index (χ1) is 55.2. The third-order valence-electron chi connectivity index (χ3n) is 16.2. The van der Waals surface area contributed by atoms with E-state index in [1.54, 1.807) is 75.6 Å². The molecule has 0 aliphatic carbocycles. The minimum Gasteiger partial charge on any atom is -0.466 e. The summed E-state index contributed by atoms with van der Waals surface area (Å²) in [7, 11) is 13.8. The summed E-state index contributed by atoms with van der Waals surface area (Å²) in [6.45, 7) is 35.7. The Morgan fingerprint density at radius 1 is 0.345 bits per heavy atom. The monoisotopic (exact) mass is 1760 g/mol. The molecule has 0 atom stereocenters. The molecule has 0 unspecified atom stereocenters. The molecule has 0 aromatic carbocycles. The van der Waals surface area contributed by atoms with Crippen LogP contribution in [0.3, 0.4) is 0 Å². The molecule has 0 spiro atoms. The average molecular weight is 1760 g/mol. The highest BCUT2D eigenvalue weighted by Gasteiger charge is 2.16. The van der Waals surface area contributed by atoms with Crippen LogP contribution in [0, 0.1) is 0 Å². The summed E-state index contributed by atoms with van der Waals surface area (Å²) in [5.74, 6) is 6.36. The summed E-state index contributed by atoms with van der Waals surface area (Å²) in [5.41, 5.74) is 10.8. The zero-order valence-corrected chi connectivity index (χ0v) is 77.1. The van der Waals surface area contributed by atoms with E-state index in [-0.39, 0.29) is 73.6 Å². The van der Waals surface area contributed by atoms with Crippen LogP contribution in [-0.2, 0) is 57.3 Å². The zero-order chi connectivity index (χ0) is 83.6. The molecular weight excluding hydrogens is 1600 g/mol. The summed E-state index contributed by atoms with van der Waals surface area (Å²) in [5, 5.41) is 43.0.